The van der Waals surface area contributed by atoms with Gasteiger partial charge in [0.15, 0.2) is 6.10 Å². The number of fused-ring (bicyclic) bond motifs is 1. The number of aliphatic hydroxyl groups excluding tert-OH is 1. The molecule has 2 N–H and O–H groups in total. The summed E-state index contributed by atoms with van der Waals surface area (Å²) in [5.74, 6) is -2.98. The van der Waals surface area contributed by atoms with Gasteiger partial charge in [-0.05, 0) is 22.9 Å². The Bertz CT molecular complexity index is 826. The smallest absolute Gasteiger partial charge is 0.341 e. The van der Waals surface area contributed by atoms with E-state index in [1.54, 1.807) is 30.3 Å². The Morgan fingerprint density at radius 1 is 1.09 bits per heavy atom. The molecule has 0 radical (unpaired) electrons. The molecule has 0 aliphatic heterocycles. The average Bonchev–Trinajstić information content (AvgIpc) is 2.45. The first-order valence-electron chi connectivity index (χ1n) is 6.16. The average molecular weight is 324 g/mol. The van der Waals surface area contributed by atoms with E-state index in [9.17, 15) is 18.0 Å². The SMILES string of the molecule is O=C(CC(O)C(=O)O)OS(=O)(=O)c1ccc2ccccc2c1. The van der Waals surface area contributed by atoms with E-state index < -0.39 is 34.6 Å². The lowest BCUT2D eigenvalue weighted by atomic mass is 10.1. The normalized spacial score (nSPS) is 12.8. The van der Waals surface area contributed by atoms with Crippen molar-refractivity contribution in [3.8, 4) is 0 Å². The first-order chi connectivity index (χ1) is 10.3. The van der Waals surface area contributed by atoms with E-state index in [4.69, 9.17) is 10.2 Å². The number of carbonyl (C=O) groups excluding carboxylic acids is 1. The van der Waals surface area contributed by atoms with E-state index in [1.807, 2.05) is 0 Å². The van der Waals surface area contributed by atoms with Gasteiger partial charge in [-0.3, -0.25) is 4.79 Å². The van der Waals surface area contributed by atoms with Gasteiger partial charge in [-0.1, -0.05) is 30.3 Å². The van der Waals surface area contributed by atoms with Crippen LogP contribution in [-0.4, -0.2) is 36.7 Å². The maximum atomic E-state index is 12.0. The molecule has 8 heteroatoms. The van der Waals surface area contributed by atoms with Crippen LogP contribution in [0.1, 0.15) is 6.42 Å². The number of aliphatic hydroxyl groups is 1. The number of carbonyl (C=O) groups is 2. The number of aliphatic carboxylic acids is 1. The summed E-state index contributed by atoms with van der Waals surface area (Å²) in [6.45, 7) is 0. The van der Waals surface area contributed by atoms with Gasteiger partial charge in [0.1, 0.15) is 4.90 Å². The third-order valence-corrected chi connectivity index (χ3v) is 4.09. The van der Waals surface area contributed by atoms with Gasteiger partial charge >= 0.3 is 22.1 Å². The quantitative estimate of drug-likeness (QED) is 0.785. The topological polar surface area (TPSA) is 118 Å². The number of benzene rings is 2. The van der Waals surface area contributed by atoms with Crippen molar-refractivity contribution in [3.05, 3.63) is 42.5 Å². The Hall–Kier alpha value is -2.45. The van der Waals surface area contributed by atoms with Crippen molar-refractivity contribution in [2.45, 2.75) is 17.4 Å². The monoisotopic (exact) mass is 324 g/mol. The molecule has 0 spiro atoms. The van der Waals surface area contributed by atoms with Gasteiger partial charge in [0.2, 0.25) is 0 Å². The van der Waals surface area contributed by atoms with Crippen molar-refractivity contribution < 1.29 is 32.4 Å². The van der Waals surface area contributed by atoms with Crippen molar-refractivity contribution in [3.63, 3.8) is 0 Å². The molecular weight excluding hydrogens is 312 g/mol. The van der Waals surface area contributed by atoms with Crippen LogP contribution in [0, 0.1) is 0 Å². The number of carboxylic acids is 1. The van der Waals surface area contributed by atoms with E-state index in [-0.39, 0.29) is 4.90 Å². The van der Waals surface area contributed by atoms with Crippen molar-refractivity contribution >= 4 is 32.8 Å². The third-order valence-electron chi connectivity index (χ3n) is 2.86. The molecule has 0 aliphatic rings. The molecule has 0 heterocycles. The summed E-state index contributed by atoms with van der Waals surface area (Å²) >= 11 is 0. The highest BCUT2D eigenvalue weighted by molar-refractivity contribution is 7.87. The Balaban J connectivity index is 2.21. The molecule has 1 atom stereocenters. The number of rotatable bonds is 5. The standard InChI is InChI=1S/C14H12O7S/c15-12(14(17)18)8-13(16)21-22(19,20)11-6-5-9-3-1-2-4-10(9)7-11/h1-7,12,15H,8H2,(H,17,18). The van der Waals surface area contributed by atoms with E-state index in [0.29, 0.717) is 5.39 Å². The lowest BCUT2D eigenvalue weighted by molar-refractivity contribution is -0.151. The molecule has 0 aliphatic carbocycles. The lowest BCUT2D eigenvalue weighted by Crippen LogP contribution is -2.25. The van der Waals surface area contributed by atoms with Gasteiger partial charge in [-0.25, -0.2) is 4.79 Å². The summed E-state index contributed by atoms with van der Waals surface area (Å²) in [7, 11) is -4.38. The fourth-order valence-electron chi connectivity index (χ4n) is 1.77. The first-order valence-corrected chi connectivity index (χ1v) is 7.57. The summed E-state index contributed by atoms with van der Waals surface area (Å²) in [4.78, 5) is 21.6. The summed E-state index contributed by atoms with van der Waals surface area (Å²) in [6.07, 6.45) is -2.97. The molecule has 2 aromatic carbocycles. The summed E-state index contributed by atoms with van der Waals surface area (Å²) < 4.78 is 28.2. The molecule has 0 amide bonds. The van der Waals surface area contributed by atoms with Crippen LogP contribution >= 0.6 is 0 Å². The minimum atomic E-state index is -4.38. The zero-order chi connectivity index (χ0) is 16.3. The Kier molecular flexibility index (Phi) is 4.43. The van der Waals surface area contributed by atoms with Gasteiger partial charge < -0.3 is 14.4 Å². The van der Waals surface area contributed by atoms with Crippen LogP contribution in [0.3, 0.4) is 0 Å². The molecule has 7 nitrogen and oxygen atoms in total. The predicted octanol–water partition coefficient (Wildman–Crippen LogP) is 0.907. The van der Waals surface area contributed by atoms with Gasteiger partial charge in [0, 0.05) is 0 Å². The molecule has 0 saturated heterocycles. The van der Waals surface area contributed by atoms with E-state index >= 15 is 0 Å². The third kappa shape index (κ3) is 3.60. The van der Waals surface area contributed by atoms with Crippen molar-refractivity contribution in [2.24, 2.45) is 0 Å². The Labute approximate surface area is 125 Å². The molecule has 22 heavy (non-hydrogen) atoms. The lowest BCUT2D eigenvalue weighted by Gasteiger charge is -2.08. The number of carboxylic acid groups (broad SMARTS) is 1. The number of hydrogen-bond donors (Lipinski definition) is 2. The second-order valence-electron chi connectivity index (χ2n) is 4.48. The summed E-state index contributed by atoms with van der Waals surface area (Å²) in [5, 5.41) is 18.9. The maximum Gasteiger partial charge on any atom is 0.341 e. The van der Waals surface area contributed by atoms with E-state index in [2.05, 4.69) is 4.18 Å². The van der Waals surface area contributed by atoms with Crippen LogP contribution in [0.15, 0.2) is 47.4 Å². The minimum absolute atomic E-state index is 0.232. The van der Waals surface area contributed by atoms with Crippen LogP contribution in [0.5, 0.6) is 0 Å². The Morgan fingerprint density at radius 2 is 1.73 bits per heavy atom. The molecule has 2 rings (SSSR count). The highest BCUT2D eigenvalue weighted by Gasteiger charge is 2.25. The van der Waals surface area contributed by atoms with Crippen molar-refractivity contribution in [1.29, 1.82) is 0 Å². The zero-order valence-corrected chi connectivity index (χ0v) is 12.0. The second-order valence-corrected chi connectivity index (χ2v) is 6.02. The largest absolute Gasteiger partial charge is 0.479 e. The summed E-state index contributed by atoms with van der Waals surface area (Å²) in [6, 6.07) is 11.2. The highest BCUT2D eigenvalue weighted by Crippen LogP contribution is 2.20. The van der Waals surface area contributed by atoms with Crippen molar-refractivity contribution in [2.75, 3.05) is 0 Å². The van der Waals surface area contributed by atoms with Gasteiger partial charge in [-0.2, -0.15) is 8.42 Å². The van der Waals surface area contributed by atoms with Gasteiger partial charge in [0.05, 0.1) is 6.42 Å². The van der Waals surface area contributed by atoms with E-state index in [0.717, 1.165) is 5.39 Å². The fourth-order valence-corrected chi connectivity index (χ4v) is 2.69. The fraction of sp³-hybridized carbons (Fsp3) is 0.143. The molecular formula is C14H12O7S. The van der Waals surface area contributed by atoms with Gasteiger partial charge in [0.25, 0.3) is 0 Å². The number of hydrogen-bond acceptors (Lipinski definition) is 6. The molecule has 0 fully saturated rings. The summed E-state index contributed by atoms with van der Waals surface area (Å²) in [5.41, 5.74) is 0. The molecule has 0 saturated carbocycles. The first kappa shape index (κ1) is 15.9. The zero-order valence-electron chi connectivity index (χ0n) is 11.2. The van der Waals surface area contributed by atoms with Crippen molar-refractivity contribution in [1.82, 2.24) is 0 Å². The van der Waals surface area contributed by atoms with Crippen LogP contribution in [0.2, 0.25) is 0 Å². The minimum Gasteiger partial charge on any atom is -0.479 e. The van der Waals surface area contributed by atoms with Crippen LogP contribution in [-0.2, 0) is 23.9 Å². The molecule has 2 aromatic rings. The maximum absolute atomic E-state index is 12.0. The van der Waals surface area contributed by atoms with Gasteiger partial charge in [-0.15, -0.1) is 0 Å². The van der Waals surface area contributed by atoms with Crippen LogP contribution < -0.4 is 0 Å². The molecule has 0 bridgehead atoms. The van der Waals surface area contributed by atoms with E-state index in [1.165, 1.54) is 12.1 Å². The van der Waals surface area contributed by atoms with Crippen LogP contribution in [0.4, 0.5) is 0 Å². The molecule has 116 valence electrons. The second kappa shape index (κ2) is 6.12. The predicted molar refractivity (Wildman–Crippen MR) is 75.5 cm³/mol. The highest BCUT2D eigenvalue weighted by atomic mass is 32.2. The molecule has 0 aromatic heterocycles. The molecule has 1 unspecified atom stereocenters. The Morgan fingerprint density at radius 3 is 2.36 bits per heavy atom. The van der Waals surface area contributed by atoms with Crippen LogP contribution in [0.25, 0.3) is 10.8 Å².